The standard InChI is InChI=1S/C61H46N2S/c1-2-15-58(64)44-30-28-42(29-31-44)49-33-36-53-55(39-49)60(46-18-9-4-10-19-46)52-35-32-48(38-54(52)59(53)45-16-7-3-8-17-45)41-24-26-43(27-25-41)50-34-37-57-56(40-50)62-61(47-20-11-5-12-21-47)63(57)51-22-13-6-14-23-51/h3-14,16-40,58,64H,2,15H2,1H3. The highest BCUT2D eigenvalue weighted by atomic mass is 32.1. The van der Waals surface area contributed by atoms with E-state index in [0.29, 0.717) is 0 Å². The Balaban J connectivity index is 1.02. The Labute approximate surface area is 380 Å². The van der Waals surface area contributed by atoms with Crippen LogP contribution in [0.1, 0.15) is 30.6 Å². The van der Waals surface area contributed by atoms with Crippen LogP contribution in [-0.2, 0) is 0 Å². The molecule has 0 bridgehead atoms. The van der Waals surface area contributed by atoms with Crippen molar-refractivity contribution in [3.05, 3.63) is 230 Å². The van der Waals surface area contributed by atoms with E-state index in [4.69, 9.17) is 17.6 Å². The molecule has 306 valence electrons. The molecule has 0 fully saturated rings. The van der Waals surface area contributed by atoms with Crippen LogP contribution in [0.25, 0.3) is 105 Å². The van der Waals surface area contributed by atoms with Gasteiger partial charge in [-0.1, -0.05) is 201 Å². The number of hydrogen-bond acceptors (Lipinski definition) is 2. The van der Waals surface area contributed by atoms with Crippen molar-refractivity contribution in [3.63, 3.8) is 0 Å². The van der Waals surface area contributed by atoms with E-state index in [1.807, 2.05) is 6.07 Å². The number of fused-ring (bicyclic) bond motifs is 3. The van der Waals surface area contributed by atoms with Crippen molar-refractivity contribution in [2.45, 2.75) is 25.0 Å². The van der Waals surface area contributed by atoms with E-state index in [1.165, 1.54) is 71.6 Å². The average molecular weight is 839 g/mol. The van der Waals surface area contributed by atoms with Crippen LogP contribution in [0.3, 0.4) is 0 Å². The largest absolute Gasteiger partial charge is 0.292 e. The zero-order chi connectivity index (χ0) is 43.0. The molecule has 0 aliphatic carbocycles. The van der Waals surface area contributed by atoms with Crippen molar-refractivity contribution in [1.29, 1.82) is 0 Å². The quantitative estimate of drug-likeness (QED) is 0.107. The number of hydrogen-bond donors (Lipinski definition) is 1. The van der Waals surface area contributed by atoms with E-state index >= 15 is 0 Å². The van der Waals surface area contributed by atoms with Crippen LogP contribution >= 0.6 is 12.6 Å². The maximum atomic E-state index is 5.22. The third-order valence-corrected chi connectivity index (χ3v) is 13.2. The molecule has 0 radical (unpaired) electrons. The number of aromatic nitrogens is 2. The average Bonchev–Trinajstić information content (AvgIpc) is 3.76. The Morgan fingerprint density at radius 1 is 0.406 bits per heavy atom. The molecule has 11 aromatic rings. The summed E-state index contributed by atoms with van der Waals surface area (Å²) in [5.41, 5.74) is 17.5. The first kappa shape index (κ1) is 39.4. The van der Waals surface area contributed by atoms with Gasteiger partial charge in [0.1, 0.15) is 5.82 Å². The number of para-hydroxylation sites is 1. The second-order valence-electron chi connectivity index (χ2n) is 16.7. The van der Waals surface area contributed by atoms with Crippen molar-refractivity contribution < 1.29 is 0 Å². The van der Waals surface area contributed by atoms with E-state index in [1.54, 1.807) is 0 Å². The number of thiol groups is 1. The Kier molecular flexibility index (Phi) is 10.5. The zero-order valence-corrected chi connectivity index (χ0v) is 36.6. The monoisotopic (exact) mass is 838 g/mol. The van der Waals surface area contributed by atoms with Crippen LogP contribution in [0.15, 0.2) is 224 Å². The number of imidazole rings is 1. The molecule has 64 heavy (non-hydrogen) atoms. The van der Waals surface area contributed by atoms with E-state index in [0.717, 1.165) is 52.1 Å². The van der Waals surface area contributed by atoms with Crippen LogP contribution in [0.2, 0.25) is 0 Å². The molecule has 1 atom stereocenters. The number of benzene rings is 10. The predicted molar refractivity (Wildman–Crippen MR) is 275 cm³/mol. The first-order chi connectivity index (χ1) is 31.6. The maximum absolute atomic E-state index is 5.22. The minimum Gasteiger partial charge on any atom is -0.292 e. The van der Waals surface area contributed by atoms with Gasteiger partial charge in [0.2, 0.25) is 0 Å². The lowest BCUT2D eigenvalue weighted by Crippen LogP contribution is -1.97. The second kappa shape index (κ2) is 17.0. The summed E-state index contributed by atoms with van der Waals surface area (Å²) in [7, 11) is 0. The predicted octanol–water partition coefficient (Wildman–Crippen LogP) is 17.1. The van der Waals surface area contributed by atoms with Gasteiger partial charge < -0.3 is 0 Å². The maximum Gasteiger partial charge on any atom is 0.145 e. The zero-order valence-electron chi connectivity index (χ0n) is 35.7. The van der Waals surface area contributed by atoms with Gasteiger partial charge in [-0.25, -0.2) is 4.98 Å². The molecule has 10 aromatic carbocycles. The van der Waals surface area contributed by atoms with Gasteiger partial charge in [-0.15, -0.1) is 0 Å². The van der Waals surface area contributed by atoms with Crippen molar-refractivity contribution in [3.8, 4) is 72.7 Å². The Bertz CT molecular complexity index is 3410. The molecule has 11 rings (SSSR count). The molecule has 3 heteroatoms. The number of rotatable bonds is 10. The molecule has 1 unspecified atom stereocenters. The van der Waals surface area contributed by atoms with Gasteiger partial charge in [0, 0.05) is 16.5 Å². The minimum atomic E-state index is 0.254. The minimum absolute atomic E-state index is 0.254. The van der Waals surface area contributed by atoms with E-state index < -0.39 is 0 Å². The number of nitrogens with zero attached hydrogens (tertiary/aromatic N) is 2. The fraction of sp³-hybridized carbons (Fsp3) is 0.0656. The first-order valence-corrected chi connectivity index (χ1v) is 22.8. The summed E-state index contributed by atoms with van der Waals surface area (Å²) in [4.78, 5) is 5.22. The van der Waals surface area contributed by atoms with Gasteiger partial charge in [0.25, 0.3) is 0 Å². The molecule has 0 aliphatic heterocycles. The van der Waals surface area contributed by atoms with Gasteiger partial charge in [-0.05, 0) is 126 Å². The molecular formula is C61H46N2S. The second-order valence-corrected chi connectivity index (χ2v) is 17.3. The van der Waals surface area contributed by atoms with Gasteiger partial charge in [-0.3, -0.25) is 4.57 Å². The van der Waals surface area contributed by atoms with Crippen molar-refractivity contribution in [2.24, 2.45) is 0 Å². The molecule has 0 saturated carbocycles. The SMILES string of the molecule is CCCC(S)c1ccc(-c2ccc3c(-c4ccccc4)c4cc(-c5ccc(-c6ccc7c(c6)nc(-c6ccccc6)n7-c6ccccc6)cc5)ccc4c(-c4ccccc4)c3c2)cc1. The fourth-order valence-corrected chi connectivity index (χ4v) is 9.92. The van der Waals surface area contributed by atoms with Crippen molar-refractivity contribution in [1.82, 2.24) is 9.55 Å². The summed E-state index contributed by atoms with van der Waals surface area (Å²) < 4.78 is 2.26. The normalized spacial score (nSPS) is 12.0. The summed E-state index contributed by atoms with van der Waals surface area (Å²) >= 11 is 4.88. The van der Waals surface area contributed by atoms with Gasteiger partial charge >= 0.3 is 0 Å². The molecule has 1 aromatic heterocycles. The third-order valence-electron chi connectivity index (χ3n) is 12.7. The summed E-state index contributed by atoms with van der Waals surface area (Å²) in [5, 5.41) is 5.21. The fourth-order valence-electron chi connectivity index (χ4n) is 9.49. The first-order valence-electron chi connectivity index (χ1n) is 22.3. The Morgan fingerprint density at radius 3 is 1.33 bits per heavy atom. The molecule has 0 aliphatic rings. The Morgan fingerprint density at radius 2 is 0.828 bits per heavy atom. The van der Waals surface area contributed by atoms with Crippen molar-refractivity contribution in [2.75, 3.05) is 0 Å². The van der Waals surface area contributed by atoms with Crippen LogP contribution in [0, 0.1) is 0 Å². The van der Waals surface area contributed by atoms with E-state index in [9.17, 15) is 0 Å². The summed E-state index contributed by atoms with van der Waals surface area (Å²) in [6.45, 7) is 2.22. The van der Waals surface area contributed by atoms with Crippen LogP contribution in [0.5, 0.6) is 0 Å². The molecule has 0 N–H and O–H groups in total. The van der Waals surface area contributed by atoms with Crippen LogP contribution in [-0.4, -0.2) is 9.55 Å². The lowest BCUT2D eigenvalue weighted by atomic mass is 9.84. The molecular weight excluding hydrogens is 793 g/mol. The topological polar surface area (TPSA) is 17.8 Å². The highest BCUT2D eigenvalue weighted by molar-refractivity contribution is 7.80. The van der Waals surface area contributed by atoms with Crippen LogP contribution in [0.4, 0.5) is 0 Å². The lowest BCUT2D eigenvalue weighted by molar-refractivity contribution is 0.783. The smallest absolute Gasteiger partial charge is 0.145 e. The molecule has 0 amide bonds. The molecule has 1 heterocycles. The van der Waals surface area contributed by atoms with Crippen molar-refractivity contribution >= 4 is 45.2 Å². The lowest BCUT2D eigenvalue weighted by Gasteiger charge is -2.20. The van der Waals surface area contributed by atoms with E-state index in [2.05, 4.69) is 230 Å². The molecule has 0 saturated heterocycles. The summed E-state index contributed by atoms with van der Waals surface area (Å²) in [6, 6.07) is 81.5. The summed E-state index contributed by atoms with van der Waals surface area (Å²) in [6.07, 6.45) is 2.18. The summed E-state index contributed by atoms with van der Waals surface area (Å²) in [5.74, 6) is 0.934. The van der Waals surface area contributed by atoms with E-state index in [-0.39, 0.29) is 5.25 Å². The highest BCUT2D eigenvalue weighted by Crippen LogP contribution is 2.46. The molecule has 0 spiro atoms. The van der Waals surface area contributed by atoms with Gasteiger partial charge in [0.15, 0.2) is 0 Å². The van der Waals surface area contributed by atoms with Gasteiger partial charge in [-0.2, -0.15) is 12.6 Å². The Hall–Kier alpha value is -7.46. The van der Waals surface area contributed by atoms with Crippen LogP contribution < -0.4 is 0 Å². The molecule has 2 nitrogen and oxygen atoms in total. The highest BCUT2D eigenvalue weighted by Gasteiger charge is 2.20. The third kappa shape index (κ3) is 7.28. The van der Waals surface area contributed by atoms with Gasteiger partial charge in [0.05, 0.1) is 11.0 Å².